The van der Waals surface area contributed by atoms with Crippen LogP contribution in [0.1, 0.15) is 44.2 Å². The van der Waals surface area contributed by atoms with Crippen LogP contribution < -0.4 is 10.1 Å². The van der Waals surface area contributed by atoms with Crippen molar-refractivity contribution < 1.29 is 13.2 Å². The first kappa shape index (κ1) is 18.0. The highest BCUT2D eigenvalue weighted by Crippen LogP contribution is 2.23. The van der Waals surface area contributed by atoms with Gasteiger partial charge in [0.2, 0.25) is 0 Å². The van der Waals surface area contributed by atoms with Gasteiger partial charge in [-0.3, -0.25) is 0 Å². The van der Waals surface area contributed by atoms with Crippen molar-refractivity contribution in [2.24, 2.45) is 0 Å². The predicted molar refractivity (Wildman–Crippen MR) is 87.4 cm³/mol. The van der Waals surface area contributed by atoms with Gasteiger partial charge in [-0.25, -0.2) is 8.42 Å². The summed E-state index contributed by atoms with van der Waals surface area (Å²) < 4.78 is 29.5. The normalized spacial score (nSPS) is 11.6. The van der Waals surface area contributed by atoms with Crippen molar-refractivity contribution in [3.8, 4) is 5.75 Å². The molecule has 4 nitrogen and oxygen atoms in total. The molecule has 0 aromatic heterocycles. The summed E-state index contributed by atoms with van der Waals surface area (Å²) in [5, 5.41) is 3.32. The molecule has 0 heterocycles. The van der Waals surface area contributed by atoms with Crippen LogP contribution in [0.15, 0.2) is 18.2 Å². The van der Waals surface area contributed by atoms with Gasteiger partial charge in [-0.15, -0.1) is 0 Å². The number of benzene rings is 1. The third kappa shape index (κ3) is 6.48. The molecule has 1 N–H and O–H groups in total. The molecule has 1 rings (SSSR count). The highest BCUT2D eigenvalue weighted by molar-refractivity contribution is 7.90. The Kier molecular flexibility index (Phi) is 7.75. The molecular formula is C16H27NO3S. The first-order valence-electron chi connectivity index (χ1n) is 7.59. The molecule has 0 atom stereocenters. The van der Waals surface area contributed by atoms with Gasteiger partial charge in [0, 0.05) is 12.1 Å². The summed E-state index contributed by atoms with van der Waals surface area (Å²) in [4.78, 5) is 0. The van der Waals surface area contributed by atoms with Crippen molar-refractivity contribution in [2.45, 2.75) is 45.4 Å². The van der Waals surface area contributed by atoms with Crippen LogP contribution in [0.5, 0.6) is 5.75 Å². The highest BCUT2D eigenvalue weighted by atomic mass is 32.2. The van der Waals surface area contributed by atoms with Gasteiger partial charge in [-0.2, -0.15) is 0 Å². The summed E-state index contributed by atoms with van der Waals surface area (Å²) >= 11 is 0. The summed E-state index contributed by atoms with van der Waals surface area (Å²) in [6.45, 7) is 5.82. The molecule has 0 radical (unpaired) electrons. The van der Waals surface area contributed by atoms with Crippen molar-refractivity contribution in [2.75, 3.05) is 19.4 Å². The molecular weight excluding hydrogens is 286 g/mol. The smallest absolute Gasteiger partial charge is 0.154 e. The summed E-state index contributed by atoms with van der Waals surface area (Å²) in [7, 11) is -1.50. The van der Waals surface area contributed by atoms with Crippen LogP contribution >= 0.6 is 0 Å². The molecule has 1 aromatic carbocycles. The Hall–Kier alpha value is -1.07. The molecule has 0 saturated carbocycles. The monoisotopic (exact) mass is 313 g/mol. The Balaban J connectivity index is 2.85. The van der Waals surface area contributed by atoms with Crippen molar-refractivity contribution in [3.05, 3.63) is 29.3 Å². The largest absolute Gasteiger partial charge is 0.496 e. The summed E-state index contributed by atoms with van der Waals surface area (Å²) in [6, 6.07) is 5.77. The lowest BCUT2D eigenvalue weighted by Crippen LogP contribution is -2.15. The Morgan fingerprint density at radius 3 is 2.57 bits per heavy atom. The van der Waals surface area contributed by atoms with Crippen LogP contribution in [-0.2, 0) is 22.1 Å². The number of nitrogens with one attached hydrogen (secondary N) is 1. The van der Waals surface area contributed by atoms with Gasteiger partial charge < -0.3 is 10.1 Å². The summed E-state index contributed by atoms with van der Waals surface area (Å²) in [5.41, 5.74) is 1.84. The fourth-order valence-corrected chi connectivity index (χ4v) is 3.71. The van der Waals surface area contributed by atoms with Crippen LogP contribution in [0.25, 0.3) is 0 Å². The maximum absolute atomic E-state index is 12.1. The molecule has 0 aliphatic carbocycles. The third-order valence-electron chi connectivity index (χ3n) is 3.29. The van der Waals surface area contributed by atoms with Crippen molar-refractivity contribution >= 4 is 9.84 Å². The van der Waals surface area contributed by atoms with Gasteiger partial charge >= 0.3 is 0 Å². The standard InChI is InChI=1S/C16H27NO3S/c1-4-6-10-21(18,19)13-15-11-14(12-17-9-5-2)7-8-16(15)20-3/h7-8,11,17H,4-6,9-10,12-13H2,1-3H3. The van der Waals surface area contributed by atoms with E-state index < -0.39 is 9.84 Å². The fraction of sp³-hybridized carbons (Fsp3) is 0.625. The number of rotatable bonds is 10. The van der Waals surface area contributed by atoms with E-state index in [0.29, 0.717) is 12.2 Å². The van der Waals surface area contributed by atoms with Gasteiger partial charge in [0.05, 0.1) is 18.6 Å². The number of ether oxygens (including phenoxy) is 1. The van der Waals surface area contributed by atoms with Crippen LogP contribution in [0.4, 0.5) is 0 Å². The van der Waals surface area contributed by atoms with Crippen LogP contribution in [0.3, 0.4) is 0 Å². The van der Waals surface area contributed by atoms with E-state index in [9.17, 15) is 8.42 Å². The summed E-state index contributed by atoms with van der Waals surface area (Å²) in [5.74, 6) is 0.942. The van der Waals surface area contributed by atoms with Gasteiger partial charge in [0.15, 0.2) is 9.84 Å². The number of hydrogen-bond acceptors (Lipinski definition) is 4. The lowest BCUT2D eigenvalue weighted by molar-refractivity contribution is 0.410. The Morgan fingerprint density at radius 2 is 1.95 bits per heavy atom. The van der Waals surface area contributed by atoms with E-state index >= 15 is 0 Å². The van der Waals surface area contributed by atoms with Gasteiger partial charge in [0.25, 0.3) is 0 Å². The highest BCUT2D eigenvalue weighted by Gasteiger charge is 2.15. The van der Waals surface area contributed by atoms with Gasteiger partial charge in [0.1, 0.15) is 5.75 Å². The molecule has 120 valence electrons. The first-order valence-corrected chi connectivity index (χ1v) is 9.41. The minimum atomic E-state index is -3.07. The van der Waals surface area contributed by atoms with Crippen molar-refractivity contribution in [1.82, 2.24) is 5.32 Å². The van der Waals surface area contributed by atoms with E-state index in [4.69, 9.17) is 4.74 Å². The lowest BCUT2D eigenvalue weighted by atomic mass is 10.1. The van der Waals surface area contributed by atoms with Crippen LogP contribution in [-0.4, -0.2) is 27.8 Å². The molecule has 0 bridgehead atoms. The fourth-order valence-electron chi connectivity index (χ4n) is 2.14. The van der Waals surface area contributed by atoms with E-state index in [1.807, 2.05) is 25.1 Å². The van der Waals surface area contributed by atoms with Gasteiger partial charge in [-0.1, -0.05) is 26.3 Å². The second-order valence-electron chi connectivity index (χ2n) is 5.27. The van der Waals surface area contributed by atoms with Crippen LogP contribution in [0.2, 0.25) is 0 Å². The average Bonchev–Trinajstić information content (AvgIpc) is 2.45. The maximum Gasteiger partial charge on any atom is 0.154 e. The zero-order valence-corrected chi connectivity index (χ0v) is 14.1. The molecule has 21 heavy (non-hydrogen) atoms. The topological polar surface area (TPSA) is 55.4 Å². The Morgan fingerprint density at radius 1 is 1.19 bits per heavy atom. The minimum Gasteiger partial charge on any atom is -0.496 e. The maximum atomic E-state index is 12.1. The van der Waals surface area contributed by atoms with E-state index in [-0.39, 0.29) is 11.5 Å². The second kappa shape index (κ2) is 9.05. The minimum absolute atomic E-state index is 0.0534. The van der Waals surface area contributed by atoms with E-state index in [1.54, 1.807) is 7.11 Å². The molecule has 1 aromatic rings. The lowest BCUT2D eigenvalue weighted by Gasteiger charge is -2.12. The zero-order valence-electron chi connectivity index (χ0n) is 13.3. The van der Waals surface area contributed by atoms with Crippen LogP contribution in [0, 0.1) is 0 Å². The second-order valence-corrected chi connectivity index (χ2v) is 7.45. The molecule has 0 aliphatic heterocycles. The Labute approximate surface area is 128 Å². The molecule has 0 unspecified atom stereocenters. The molecule has 0 amide bonds. The summed E-state index contributed by atoms with van der Waals surface area (Å²) in [6.07, 6.45) is 2.67. The number of methoxy groups -OCH3 is 1. The molecule has 5 heteroatoms. The zero-order chi connectivity index (χ0) is 15.7. The van der Waals surface area contributed by atoms with E-state index in [1.165, 1.54) is 0 Å². The SMILES string of the molecule is CCCCS(=O)(=O)Cc1cc(CNCCC)ccc1OC. The molecule has 0 aliphatic rings. The van der Waals surface area contributed by atoms with E-state index in [2.05, 4.69) is 12.2 Å². The molecule has 0 spiro atoms. The average molecular weight is 313 g/mol. The number of hydrogen-bond donors (Lipinski definition) is 1. The Bertz CT molecular complexity index is 526. The number of sulfone groups is 1. The van der Waals surface area contributed by atoms with Crippen molar-refractivity contribution in [3.63, 3.8) is 0 Å². The van der Waals surface area contributed by atoms with Gasteiger partial charge in [-0.05, 0) is 37.1 Å². The van der Waals surface area contributed by atoms with Crippen molar-refractivity contribution in [1.29, 1.82) is 0 Å². The molecule has 0 saturated heterocycles. The quantitative estimate of drug-likeness (QED) is 0.675. The molecule has 0 fully saturated rings. The van der Waals surface area contributed by atoms with E-state index in [0.717, 1.165) is 37.1 Å². The first-order chi connectivity index (χ1) is 10.0. The number of unbranched alkanes of at least 4 members (excludes halogenated alkanes) is 1. The predicted octanol–water partition coefficient (Wildman–Crippen LogP) is 2.91. The third-order valence-corrected chi connectivity index (χ3v) is 4.95.